The van der Waals surface area contributed by atoms with Gasteiger partial charge in [-0.05, 0) is 49.5 Å². The molecule has 2 fully saturated rings. The maximum Gasteiger partial charge on any atom is 0.257 e. The number of carbonyl (C=O) groups excluding carboxylic acids is 2. The molecule has 28 heavy (non-hydrogen) atoms. The molecule has 1 saturated carbocycles. The molecule has 156 valence electrons. The largest absolute Gasteiger partial charge is 0.472 e. The summed E-state index contributed by atoms with van der Waals surface area (Å²) in [7, 11) is 0. The lowest BCUT2D eigenvalue weighted by Crippen LogP contribution is -2.47. The average molecular weight is 391 g/mol. The van der Waals surface area contributed by atoms with Crippen LogP contribution in [0.15, 0.2) is 23.0 Å². The van der Waals surface area contributed by atoms with Crippen LogP contribution in [0.2, 0.25) is 0 Å². The third-order valence-corrected chi connectivity index (χ3v) is 6.31. The average Bonchev–Trinajstić information content (AvgIpc) is 3.21. The van der Waals surface area contributed by atoms with Gasteiger partial charge in [-0.15, -0.1) is 0 Å². The van der Waals surface area contributed by atoms with E-state index in [1.807, 2.05) is 4.90 Å². The Kier molecular flexibility index (Phi) is 7.16. The molecule has 1 aromatic rings. The molecule has 6 nitrogen and oxygen atoms in total. The van der Waals surface area contributed by atoms with Crippen LogP contribution in [0.1, 0.15) is 63.2 Å². The Morgan fingerprint density at radius 3 is 2.64 bits per heavy atom. The highest BCUT2D eigenvalue weighted by molar-refractivity contribution is 5.93. The number of likely N-dealkylation sites (tertiary alicyclic amines) is 1. The molecule has 1 N–H and O–H groups in total. The molecule has 1 aliphatic carbocycles. The fraction of sp³-hybridized carbons (Fsp3) is 0.727. The van der Waals surface area contributed by atoms with Crippen molar-refractivity contribution in [3.05, 3.63) is 24.2 Å². The van der Waals surface area contributed by atoms with E-state index in [9.17, 15) is 9.59 Å². The molecule has 0 unspecified atom stereocenters. The third kappa shape index (κ3) is 5.37. The van der Waals surface area contributed by atoms with Gasteiger partial charge in [0.1, 0.15) is 12.9 Å². The molecule has 2 amide bonds. The van der Waals surface area contributed by atoms with E-state index in [0.29, 0.717) is 36.4 Å². The molecule has 0 aromatic carbocycles. The van der Waals surface area contributed by atoms with Gasteiger partial charge in [0.2, 0.25) is 5.91 Å². The lowest BCUT2D eigenvalue weighted by molar-refractivity contribution is -0.132. The van der Waals surface area contributed by atoms with E-state index in [2.05, 4.69) is 26.1 Å². The maximum atomic E-state index is 12.4. The molecule has 2 heterocycles. The zero-order valence-electron chi connectivity index (χ0n) is 17.4. The Morgan fingerprint density at radius 1 is 1.25 bits per heavy atom. The lowest BCUT2D eigenvalue weighted by atomic mass is 9.75. The summed E-state index contributed by atoms with van der Waals surface area (Å²) in [5.41, 5.74) is 0.581. The van der Waals surface area contributed by atoms with Gasteiger partial charge in [-0.1, -0.05) is 27.2 Å². The first kappa shape index (κ1) is 20.9. The molecule has 1 aliphatic heterocycles. The van der Waals surface area contributed by atoms with E-state index in [-0.39, 0.29) is 30.6 Å². The lowest BCUT2D eigenvalue weighted by Gasteiger charge is -2.37. The van der Waals surface area contributed by atoms with Crippen molar-refractivity contribution in [3.63, 3.8) is 0 Å². The zero-order valence-corrected chi connectivity index (χ0v) is 17.4. The highest BCUT2D eigenvalue weighted by atomic mass is 16.5. The second kappa shape index (κ2) is 9.59. The van der Waals surface area contributed by atoms with Crippen LogP contribution >= 0.6 is 0 Å². The van der Waals surface area contributed by atoms with Crippen molar-refractivity contribution in [2.45, 2.75) is 65.0 Å². The van der Waals surface area contributed by atoms with Crippen molar-refractivity contribution in [3.8, 4) is 0 Å². The quantitative estimate of drug-likeness (QED) is 0.807. The van der Waals surface area contributed by atoms with Crippen LogP contribution in [0.5, 0.6) is 0 Å². The molecular weight excluding hydrogens is 356 g/mol. The maximum absolute atomic E-state index is 12.4. The Hall–Kier alpha value is -1.82. The van der Waals surface area contributed by atoms with E-state index in [1.165, 1.54) is 25.4 Å². The Balaban J connectivity index is 1.40. The van der Waals surface area contributed by atoms with Gasteiger partial charge < -0.3 is 19.4 Å². The molecule has 0 spiro atoms. The number of piperidine rings is 1. The van der Waals surface area contributed by atoms with Crippen molar-refractivity contribution >= 4 is 11.8 Å². The molecule has 1 saturated heterocycles. The van der Waals surface area contributed by atoms with Crippen LogP contribution in [0.4, 0.5) is 0 Å². The van der Waals surface area contributed by atoms with Crippen molar-refractivity contribution < 1.29 is 18.7 Å². The van der Waals surface area contributed by atoms with Gasteiger partial charge in [-0.3, -0.25) is 9.59 Å². The number of nitrogens with zero attached hydrogens (tertiary/aromatic N) is 1. The number of ether oxygens (including phenoxy) is 1. The first-order valence-corrected chi connectivity index (χ1v) is 10.7. The molecular formula is C22H34N2O4. The van der Waals surface area contributed by atoms with Crippen molar-refractivity contribution in [2.75, 3.05) is 19.7 Å². The SMILES string of the molecule is CC(C)[C@H]1CC[C@@H](C)C[C@@H]1OCC(=O)NC1CCN(C(=O)c2ccoc2)CC1. The third-order valence-electron chi connectivity index (χ3n) is 6.31. The summed E-state index contributed by atoms with van der Waals surface area (Å²) >= 11 is 0. The van der Waals surface area contributed by atoms with Crippen LogP contribution in [0.25, 0.3) is 0 Å². The van der Waals surface area contributed by atoms with E-state index in [0.717, 1.165) is 19.3 Å². The van der Waals surface area contributed by atoms with Gasteiger partial charge in [0, 0.05) is 19.1 Å². The summed E-state index contributed by atoms with van der Waals surface area (Å²) in [5.74, 6) is 1.74. The number of furan rings is 1. The van der Waals surface area contributed by atoms with E-state index >= 15 is 0 Å². The molecule has 3 rings (SSSR count). The standard InChI is InChI=1S/C22H34N2O4/c1-15(2)19-5-4-16(3)12-20(19)28-14-21(25)23-18-6-9-24(10-7-18)22(26)17-8-11-27-13-17/h8,11,13,15-16,18-20H,4-7,9-10,12,14H2,1-3H3,(H,23,25)/t16-,19-,20+/m1/s1. The Morgan fingerprint density at radius 2 is 2.00 bits per heavy atom. The minimum Gasteiger partial charge on any atom is -0.472 e. The Bertz CT molecular complexity index is 635. The zero-order chi connectivity index (χ0) is 20.1. The van der Waals surface area contributed by atoms with Crippen LogP contribution in [0.3, 0.4) is 0 Å². The second-order valence-corrected chi connectivity index (χ2v) is 8.82. The summed E-state index contributed by atoms with van der Waals surface area (Å²) in [5, 5.41) is 3.09. The Labute approximate surface area is 168 Å². The number of amides is 2. The van der Waals surface area contributed by atoms with Gasteiger partial charge >= 0.3 is 0 Å². The second-order valence-electron chi connectivity index (χ2n) is 8.82. The number of nitrogens with one attached hydrogen (secondary N) is 1. The van der Waals surface area contributed by atoms with Crippen LogP contribution in [-0.2, 0) is 9.53 Å². The molecule has 6 heteroatoms. The number of carbonyl (C=O) groups is 2. The number of hydrogen-bond donors (Lipinski definition) is 1. The van der Waals surface area contributed by atoms with Gasteiger partial charge in [-0.25, -0.2) is 0 Å². The highest BCUT2D eigenvalue weighted by Gasteiger charge is 2.32. The van der Waals surface area contributed by atoms with E-state index < -0.39 is 0 Å². The normalized spacial score (nSPS) is 26.4. The van der Waals surface area contributed by atoms with Gasteiger partial charge in [0.05, 0.1) is 17.9 Å². The van der Waals surface area contributed by atoms with E-state index in [1.54, 1.807) is 6.07 Å². The first-order valence-electron chi connectivity index (χ1n) is 10.7. The fourth-order valence-corrected chi connectivity index (χ4v) is 4.55. The summed E-state index contributed by atoms with van der Waals surface area (Å²) < 4.78 is 11.0. The fourth-order valence-electron chi connectivity index (χ4n) is 4.55. The van der Waals surface area contributed by atoms with Crippen molar-refractivity contribution in [1.82, 2.24) is 10.2 Å². The van der Waals surface area contributed by atoms with Crippen molar-refractivity contribution in [2.24, 2.45) is 17.8 Å². The van der Waals surface area contributed by atoms with Crippen LogP contribution < -0.4 is 5.32 Å². The molecule has 0 radical (unpaired) electrons. The summed E-state index contributed by atoms with van der Waals surface area (Å²) in [6, 6.07) is 1.79. The minimum atomic E-state index is -0.0413. The van der Waals surface area contributed by atoms with E-state index in [4.69, 9.17) is 9.15 Å². The molecule has 3 atom stereocenters. The van der Waals surface area contributed by atoms with Gasteiger partial charge in [-0.2, -0.15) is 0 Å². The summed E-state index contributed by atoms with van der Waals surface area (Å²) in [6.45, 7) is 8.18. The smallest absolute Gasteiger partial charge is 0.257 e. The van der Waals surface area contributed by atoms with Crippen molar-refractivity contribution in [1.29, 1.82) is 0 Å². The first-order chi connectivity index (χ1) is 13.4. The van der Waals surface area contributed by atoms with Crippen LogP contribution in [-0.4, -0.2) is 48.6 Å². The topological polar surface area (TPSA) is 71.8 Å². The molecule has 2 aliphatic rings. The summed E-state index contributed by atoms with van der Waals surface area (Å²) in [6.07, 6.45) is 8.20. The monoisotopic (exact) mass is 390 g/mol. The van der Waals surface area contributed by atoms with Gasteiger partial charge in [0.25, 0.3) is 5.91 Å². The molecule has 0 bridgehead atoms. The summed E-state index contributed by atoms with van der Waals surface area (Å²) in [4.78, 5) is 26.5. The predicted molar refractivity (Wildman–Crippen MR) is 107 cm³/mol. The highest BCUT2D eigenvalue weighted by Crippen LogP contribution is 2.35. The van der Waals surface area contributed by atoms with Crippen LogP contribution in [0, 0.1) is 17.8 Å². The van der Waals surface area contributed by atoms with Gasteiger partial charge in [0.15, 0.2) is 0 Å². The number of rotatable bonds is 6. The minimum absolute atomic E-state index is 0.00648. The predicted octanol–water partition coefficient (Wildman–Crippen LogP) is 3.48. The number of hydrogen-bond acceptors (Lipinski definition) is 4. The molecule has 1 aromatic heterocycles.